The summed E-state index contributed by atoms with van der Waals surface area (Å²) in [5, 5.41) is 8.59. The van der Waals surface area contributed by atoms with E-state index in [1.807, 2.05) is 0 Å². The number of carbonyl (C=O) groups is 1. The van der Waals surface area contributed by atoms with Crippen LogP contribution in [0.4, 0.5) is 8.78 Å². The maximum atomic E-state index is 12.0. The Hall–Kier alpha value is -1.46. The van der Waals surface area contributed by atoms with Crippen LogP contribution in [-0.2, 0) is 6.54 Å². The molecule has 0 aliphatic heterocycles. The van der Waals surface area contributed by atoms with Gasteiger partial charge in [0.1, 0.15) is 11.5 Å². The average Bonchev–Trinajstić information content (AvgIpc) is 2.32. The number of halogens is 2. The summed E-state index contributed by atoms with van der Waals surface area (Å²) in [5.41, 5.74) is -0.210. The number of rotatable bonds is 3. The van der Waals surface area contributed by atoms with E-state index in [-0.39, 0.29) is 11.5 Å². The van der Waals surface area contributed by atoms with Gasteiger partial charge in [-0.25, -0.2) is 18.6 Å². The third kappa shape index (κ3) is 2.01. The Morgan fingerprint density at radius 3 is 2.85 bits per heavy atom. The molecule has 0 unspecified atom stereocenters. The van der Waals surface area contributed by atoms with E-state index in [2.05, 4.69) is 4.98 Å². The molecule has 1 aromatic heterocycles. The molecule has 0 aliphatic carbocycles. The molecule has 4 nitrogen and oxygen atoms in total. The lowest BCUT2D eigenvalue weighted by Gasteiger charge is -2.05. The van der Waals surface area contributed by atoms with Crippen molar-refractivity contribution in [1.29, 1.82) is 0 Å². The summed E-state index contributed by atoms with van der Waals surface area (Å²) in [6.07, 6.45) is -1.51. The molecule has 0 radical (unpaired) electrons. The lowest BCUT2D eigenvalue weighted by molar-refractivity contribution is 0.0675. The van der Waals surface area contributed by atoms with Crippen LogP contribution in [0.5, 0.6) is 0 Å². The zero-order valence-corrected chi connectivity index (χ0v) is 6.87. The lowest BCUT2D eigenvalue weighted by Crippen LogP contribution is -2.14. The molecule has 0 aliphatic rings. The van der Waals surface area contributed by atoms with Crippen molar-refractivity contribution >= 4 is 5.97 Å². The number of carboxylic acids is 1. The third-order valence-electron chi connectivity index (χ3n) is 1.59. The summed E-state index contributed by atoms with van der Waals surface area (Å²) >= 11 is 0. The second-order valence-corrected chi connectivity index (χ2v) is 2.50. The Balaban J connectivity index is 3.01. The van der Waals surface area contributed by atoms with Crippen molar-refractivity contribution < 1.29 is 18.7 Å². The van der Waals surface area contributed by atoms with Gasteiger partial charge >= 0.3 is 5.97 Å². The summed E-state index contributed by atoms with van der Waals surface area (Å²) < 4.78 is 24.9. The van der Waals surface area contributed by atoms with Crippen LogP contribution in [0.15, 0.2) is 6.20 Å². The van der Waals surface area contributed by atoms with Crippen LogP contribution < -0.4 is 0 Å². The van der Waals surface area contributed by atoms with Gasteiger partial charge in [-0.2, -0.15) is 0 Å². The second-order valence-electron chi connectivity index (χ2n) is 2.50. The van der Waals surface area contributed by atoms with Crippen molar-refractivity contribution in [2.24, 2.45) is 0 Å². The first-order valence-electron chi connectivity index (χ1n) is 3.56. The number of aromatic carboxylic acids is 1. The maximum absolute atomic E-state index is 12.0. The van der Waals surface area contributed by atoms with Gasteiger partial charge in [-0.1, -0.05) is 0 Å². The van der Waals surface area contributed by atoms with Crippen molar-refractivity contribution in [2.45, 2.75) is 19.9 Å². The third-order valence-corrected chi connectivity index (χ3v) is 1.59. The van der Waals surface area contributed by atoms with Crippen LogP contribution in [0.2, 0.25) is 0 Å². The molecule has 0 atom stereocenters. The molecular weight excluding hydrogens is 182 g/mol. The van der Waals surface area contributed by atoms with Crippen LogP contribution in [0.1, 0.15) is 16.3 Å². The molecule has 6 heteroatoms. The smallest absolute Gasteiger partial charge is 0.354 e. The monoisotopic (exact) mass is 190 g/mol. The highest BCUT2D eigenvalue weighted by molar-refractivity contribution is 5.85. The minimum absolute atomic E-state index is 0.210. The highest BCUT2D eigenvalue weighted by Crippen LogP contribution is 2.08. The quantitative estimate of drug-likeness (QED) is 0.777. The average molecular weight is 190 g/mol. The predicted octanol–water partition coefficient (Wildman–Crippen LogP) is 1.15. The van der Waals surface area contributed by atoms with E-state index in [0.29, 0.717) is 0 Å². The van der Waals surface area contributed by atoms with E-state index in [0.717, 1.165) is 10.8 Å². The van der Waals surface area contributed by atoms with Crippen molar-refractivity contribution in [3.63, 3.8) is 0 Å². The van der Waals surface area contributed by atoms with Gasteiger partial charge < -0.3 is 9.67 Å². The molecule has 72 valence electrons. The highest BCUT2D eigenvalue weighted by atomic mass is 19.3. The second kappa shape index (κ2) is 3.51. The molecule has 1 rings (SSSR count). The van der Waals surface area contributed by atoms with E-state index in [1.165, 1.54) is 6.92 Å². The van der Waals surface area contributed by atoms with Gasteiger partial charge in [0.15, 0.2) is 0 Å². The fourth-order valence-corrected chi connectivity index (χ4v) is 1.01. The molecule has 1 aromatic rings. The lowest BCUT2D eigenvalue weighted by atomic mass is 10.4. The van der Waals surface area contributed by atoms with Crippen LogP contribution in [0.25, 0.3) is 0 Å². The topological polar surface area (TPSA) is 55.1 Å². The van der Waals surface area contributed by atoms with E-state index >= 15 is 0 Å². The van der Waals surface area contributed by atoms with E-state index in [4.69, 9.17) is 5.11 Å². The van der Waals surface area contributed by atoms with E-state index < -0.39 is 18.9 Å². The summed E-state index contributed by atoms with van der Waals surface area (Å²) in [7, 11) is 0. The molecule has 0 fully saturated rings. The van der Waals surface area contributed by atoms with Crippen molar-refractivity contribution in [3.8, 4) is 0 Å². The molecule has 0 saturated heterocycles. The molecule has 1 heterocycles. The standard InChI is InChI=1S/C7H8F2N2O2/c1-4-10-2-5(7(12)13)11(4)3-6(8)9/h2,6H,3H2,1H3,(H,12,13). The first-order valence-corrected chi connectivity index (χ1v) is 3.56. The largest absolute Gasteiger partial charge is 0.477 e. The Kier molecular flexibility index (Phi) is 2.60. The number of hydrogen-bond acceptors (Lipinski definition) is 2. The van der Waals surface area contributed by atoms with Crippen molar-refractivity contribution in [3.05, 3.63) is 17.7 Å². The van der Waals surface area contributed by atoms with Crippen LogP contribution in [0.3, 0.4) is 0 Å². The molecular formula is C7H8F2N2O2. The highest BCUT2D eigenvalue weighted by Gasteiger charge is 2.15. The Bertz CT molecular complexity index is 322. The van der Waals surface area contributed by atoms with Gasteiger partial charge in [0.25, 0.3) is 6.43 Å². The minimum Gasteiger partial charge on any atom is -0.477 e. The summed E-state index contributed by atoms with van der Waals surface area (Å²) in [6.45, 7) is 0.849. The first kappa shape index (κ1) is 9.63. The zero-order chi connectivity index (χ0) is 10.0. The number of aryl methyl sites for hydroxylation is 1. The van der Waals surface area contributed by atoms with Crippen LogP contribution >= 0.6 is 0 Å². The summed E-state index contributed by atoms with van der Waals surface area (Å²) in [5.74, 6) is -0.973. The van der Waals surface area contributed by atoms with Gasteiger partial charge in [0.2, 0.25) is 0 Å². The van der Waals surface area contributed by atoms with Crippen molar-refractivity contribution in [2.75, 3.05) is 0 Å². The zero-order valence-electron chi connectivity index (χ0n) is 6.87. The van der Waals surface area contributed by atoms with Gasteiger partial charge in [-0.3, -0.25) is 0 Å². The molecule has 13 heavy (non-hydrogen) atoms. The number of carboxylic acid groups (broad SMARTS) is 1. The molecule has 0 spiro atoms. The SMILES string of the molecule is Cc1ncc(C(=O)O)n1CC(F)F. The molecule has 0 amide bonds. The van der Waals surface area contributed by atoms with Crippen molar-refractivity contribution in [1.82, 2.24) is 9.55 Å². The first-order chi connectivity index (χ1) is 6.02. The Morgan fingerprint density at radius 1 is 1.77 bits per heavy atom. The Morgan fingerprint density at radius 2 is 2.38 bits per heavy atom. The van der Waals surface area contributed by atoms with Crippen LogP contribution in [-0.4, -0.2) is 27.1 Å². The van der Waals surface area contributed by atoms with E-state index in [9.17, 15) is 13.6 Å². The number of imidazole rings is 1. The van der Waals surface area contributed by atoms with Gasteiger partial charge in [0, 0.05) is 0 Å². The van der Waals surface area contributed by atoms with Gasteiger partial charge in [-0.15, -0.1) is 0 Å². The summed E-state index contributed by atoms with van der Waals surface area (Å²) in [6, 6.07) is 0. The van der Waals surface area contributed by atoms with E-state index in [1.54, 1.807) is 0 Å². The fourth-order valence-electron chi connectivity index (χ4n) is 1.01. The molecule has 0 aromatic carbocycles. The maximum Gasteiger partial charge on any atom is 0.354 e. The molecule has 1 N–H and O–H groups in total. The number of nitrogens with zero attached hydrogens (tertiary/aromatic N) is 2. The van der Waals surface area contributed by atoms with Gasteiger partial charge in [0.05, 0.1) is 12.7 Å². The van der Waals surface area contributed by atoms with Gasteiger partial charge in [-0.05, 0) is 6.92 Å². The summed E-state index contributed by atoms with van der Waals surface area (Å²) in [4.78, 5) is 14.2. The predicted molar refractivity (Wildman–Crippen MR) is 39.9 cm³/mol. The minimum atomic E-state index is -2.58. The fraction of sp³-hybridized carbons (Fsp3) is 0.429. The molecule has 0 saturated carbocycles. The number of alkyl halides is 2. The van der Waals surface area contributed by atoms with Crippen LogP contribution in [0, 0.1) is 6.92 Å². The number of aromatic nitrogens is 2. The Labute approximate surface area is 72.8 Å². The number of hydrogen-bond donors (Lipinski definition) is 1. The molecule has 0 bridgehead atoms. The normalized spacial score (nSPS) is 10.8.